The number of methoxy groups -OCH3 is 1. The van der Waals surface area contributed by atoms with Crippen LogP contribution in [0.5, 0.6) is 11.5 Å². The standard InChI is InChI=1S/C15H23NO4/c1-18-14-4-2-3-5-15(14)20-11-13(17)9-16-8-12-6-7-19-10-12/h2-5,12-13,16-17H,6-11H2,1H3. The molecule has 1 fully saturated rings. The summed E-state index contributed by atoms with van der Waals surface area (Å²) in [6, 6.07) is 7.42. The molecule has 5 heteroatoms. The second kappa shape index (κ2) is 8.09. The Balaban J connectivity index is 1.65. The van der Waals surface area contributed by atoms with Crippen LogP contribution < -0.4 is 14.8 Å². The molecule has 112 valence electrons. The van der Waals surface area contributed by atoms with Crippen LogP contribution in [0, 0.1) is 5.92 Å². The van der Waals surface area contributed by atoms with Crippen molar-refractivity contribution in [1.29, 1.82) is 0 Å². The van der Waals surface area contributed by atoms with Gasteiger partial charge in [-0.05, 0) is 24.5 Å². The summed E-state index contributed by atoms with van der Waals surface area (Å²) in [7, 11) is 1.60. The van der Waals surface area contributed by atoms with Gasteiger partial charge in [-0.3, -0.25) is 0 Å². The number of aliphatic hydroxyl groups excluding tert-OH is 1. The summed E-state index contributed by atoms with van der Waals surface area (Å²) in [6.07, 6.45) is 0.558. The van der Waals surface area contributed by atoms with Crippen molar-refractivity contribution >= 4 is 0 Å². The summed E-state index contributed by atoms with van der Waals surface area (Å²) in [5.41, 5.74) is 0. The molecule has 1 saturated heterocycles. The number of aliphatic hydroxyl groups is 1. The molecule has 0 spiro atoms. The predicted molar refractivity (Wildman–Crippen MR) is 76.3 cm³/mol. The first-order chi connectivity index (χ1) is 9.79. The molecular weight excluding hydrogens is 258 g/mol. The zero-order chi connectivity index (χ0) is 14.2. The average molecular weight is 281 g/mol. The summed E-state index contributed by atoms with van der Waals surface area (Å²) in [6.45, 7) is 3.32. The molecule has 0 saturated carbocycles. The van der Waals surface area contributed by atoms with Gasteiger partial charge in [0.15, 0.2) is 11.5 Å². The quantitative estimate of drug-likeness (QED) is 0.746. The first-order valence-electron chi connectivity index (χ1n) is 7.02. The fourth-order valence-electron chi connectivity index (χ4n) is 2.18. The fraction of sp³-hybridized carbons (Fsp3) is 0.600. The summed E-state index contributed by atoms with van der Waals surface area (Å²) in [5.74, 6) is 1.89. The maximum atomic E-state index is 9.89. The van der Waals surface area contributed by atoms with E-state index >= 15 is 0 Å². The molecule has 1 aliphatic rings. The Labute approximate surface area is 119 Å². The predicted octanol–water partition coefficient (Wildman–Crippen LogP) is 1.06. The van der Waals surface area contributed by atoms with Crippen LogP contribution in [0.4, 0.5) is 0 Å². The highest BCUT2D eigenvalue weighted by atomic mass is 16.5. The summed E-state index contributed by atoms with van der Waals surface area (Å²) < 4.78 is 16.1. The monoisotopic (exact) mass is 281 g/mol. The summed E-state index contributed by atoms with van der Waals surface area (Å²) >= 11 is 0. The molecule has 0 bridgehead atoms. The minimum Gasteiger partial charge on any atom is -0.493 e. The molecule has 0 aromatic heterocycles. The highest BCUT2D eigenvalue weighted by Crippen LogP contribution is 2.25. The molecule has 2 atom stereocenters. The molecule has 20 heavy (non-hydrogen) atoms. The van der Waals surface area contributed by atoms with Crippen LogP contribution >= 0.6 is 0 Å². The van der Waals surface area contributed by atoms with E-state index in [0.29, 0.717) is 24.0 Å². The van der Waals surface area contributed by atoms with Gasteiger partial charge >= 0.3 is 0 Å². The van der Waals surface area contributed by atoms with Crippen molar-refractivity contribution in [3.05, 3.63) is 24.3 Å². The number of nitrogens with one attached hydrogen (secondary N) is 1. The molecule has 0 amide bonds. The number of rotatable bonds is 8. The number of hydrogen-bond donors (Lipinski definition) is 2. The van der Waals surface area contributed by atoms with Crippen molar-refractivity contribution < 1.29 is 19.3 Å². The molecule has 1 aromatic carbocycles. The first kappa shape index (κ1) is 15.1. The van der Waals surface area contributed by atoms with Crippen LogP contribution in [-0.4, -0.2) is 51.2 Å². The zero-order valence-electron chi connectivity index (χ0n) is 11.9. The molecule has 1 aliphatic heterocycles. The minimum atomic E-state index is -0.540. The van der Waals surface area contributed by atoms with Crippen molar-refractivity contribution in [2.75, 3.05) is 40.0 Å². The molecule has 5 nitrogen and oxygen atoms in total. The second-order valence-corrected chi connectivity index (χ2v) is 5.00. The number of para-hydroxylation sites is 2. The van der Waals surface area contributed by atoms with E-state index in [1.54, 1.807) is 7.11 Å². The van der Waals surface area contributed by atoms with Crippen LogP contribution in [0.15, 0.2) is 24.3 Å². The van der Waals surface area contributed by atoms with Gasteiger partial charge in [0.05, 0.1) is 13.7 Å². The highest BCUT2D eigenvalue weighted by Gasteiger charge is 2.15. The van der Waals surface area contributed by atoms with Crippen molar-refractivity contribution in [2.24, 2.45) is 5.92 Å². The van der Waals surface area contributed by atoms with Crippen LogP contribution in [0.1, 0.15) is 6.42 Å². The third-order valence-electron chi connectivity index (χ3n) is 3.34. The molecule has 0 radical (unpaired) electrons. The van der Waals surface area contributed by atoms with Crippen molar-refractivity contribution in [3.8, 4) is 11.5 Å². The van der Waals surface area contributed by atoms with Crippen LogP contribution in [0.25, 0.3) is 0 Å². The minimum absolute atomic E-state index is 0.245. The lowest BCUT2D eigenvalue weighted by molar-refractivity contribution is 0.103. The fourth-order valence-corrected chi connectivity index (χ4v) is 2.18. The van der Waals surface area contributed by atoms with Gasteiger partial charge < -0.3 is 24.6 Å². The third-order valence-corrected chi connectivity index (χ3v) is 3.34. The van der Waals surface area contributed by atoms with Gasteiger partial charge in [0.2, 0.25) is 0 Å². The first-order valence-corrected chi connectivity index (χ1v) is 7.02. The van der Waals surface area contributed by atoms with Gasteiger partial charge in [-0.1, -0.05) is 12.1 Å². The van der Waals surface area contributed by atoms with Crippen molar-refractivity contribution in [3.63, 3.8) is 0 Å². The molecule has 1 heterocycles. The molecular formula is C15H23NO4. The lowest BCUT2D eigenvalue weighted by atomic mass is 10.1. The van der Waals surface area contributed by atoms with Crippen LogP contribution in [0.2, 0.25) is 0 Å². The lowest BCUT2D eigenvalue weighted by Crippen LogP contribution is -2.34. The Morgan fingerprint density at radius 1 is 1.40 bits per heavy atom. The molecule has 2 unspecified atom stereocenters. The molecule has 1 aromatic rings. The summed E-state index contributed by atoms with van der Waals surface area (Å²) in [4.78, 5) is 0. The van der Waals surface area contributed by atoms with E-state index < -0.39 is 6.10 Å². The maximum Gasteiger partial charge on any atom is 0.161 e. The highest BCUT2D eigenvalue weighted by molar-refractivity contribution is 5.39. The Kier molecular flexibility index (Phi) is 6.11. The summed E-state index contributed by atoms with van der Waals surface area (Å²) in [5, 5.41) is 13.1. The Hall–Kier alpha value is -1.30. The van der Waals surface area contributed by atoms with Crippen LogP contribution in [0.3, 0.4) is 0 Å². The zero-order valence-corrected chi connectivity index (χ0v) is 11.9. The van der Waals surface area contributed by atoms with Crippen molar-refractivity contribution in [2.45, 2.75) is 12.5 Å². The Morgan fingerprint density at radius 3 is 2.90 bits per heavy atom. The number of hydrogen-bond acceptors (Lipinski definition) is 5. The SMILES string of the molecule is COc1ccccc1OCC(O)CNCC1CCOC1. The Morgan fingerprint density at radius 2 is 2.20 bits per heavy atom. The van der Waals surface area contributed by atoms with Gasteiger partial charge in [-0.25, -0.2) is 0 Å². The van der Waals surface area contributed by atoms with Gasteiger partial charge in [0.25, 0.3) is 0 Å². The van der Waals surface area contributed by atoms with E-state index in [1.807, 2.05) is 24.3 Å². The maximum absolute atomic E-state index is 9.89. The average Bonchev–Trinajstić information content (AvgIpc) is 2.98. The van der Waals surface area contributed by atoms with E-state index in [2.05, 4.69) is 5.32 Å². The Bertz CT molecular complexity index is 393. The third kappa shape index (κ3) is 4.67. The smallest absolute Gasteiger partial charge is 0.161 e. The number of benzene rings is 1. The van der Waals surface area contributed by atoms with E-state index in [1.165, 1.54) is 0 Å². The lowest BCUT2D eigenvalue weighted by Gasteiger charge is -2.16. The van der Waals surface area contributed by atoms with Gasteiger partial charge in [0.1, 0.15) is 12.7 Å². The number of ether oxygens (including phenoxy) is 3. The van der Waals surface area contributed by atoms with Gasteiger partial charge in [0, 0.05) is 19.7 Å². The second-order valence-electron chi connectivity index (χ2n) is 5.00. The van der Waals surface area contributed by atoms with Gasteiger partial charge in [-0.2, -0.15) is 0 Å². The largest absolute Gasteiger partial charge is 0.493 e. The van der Waals surface area contributed by atoms with E-state index in [-0.39, 0.29) is 6.61 Å². The molecule has 0 aliphatic carbocycles. The van der Waals surface area contributed by atoms with E-state index in [9.17, 15) is 5.11 Å². The van der Waals surface area contributed by atoms with Crippen LogP contribution in [-0.2, 0) is 4.74 Å². The topological polar surface area (TPSA) is 60.0 Å². The normalized spacial score (nSPS) is 19.8. The van der Waals surface area contributed by atoms with Crippen molar-refractivity contribution in [1.82, 2.24) is 5.32 Å². The van der Waals surface area contributed by atoms with E-state index in [0.717, 1.165) is 26.2 Å². The van der Waals surface area contributed by atoms with E-state index in [4.69, 9.17) is 14.2 Å². The molecule has 2 N–H and O–H groups in total. The molecule has 2 rings (SSSR count). The van der Waals surface area contributed by atoms with Gasteiger partial charge in [-0.15, -0.1) is 0 Å².